The summed E-state index contributed by atoms with van der Waals surface area (Å²) < 4.78 is 1.76. The Morgan fingerprint density at radius 2 is 2.47 bits per heavy atom. The Hall–Kier alpha value is -0.840. The smallest absolute Gasteiger partial charge is 0.271 e. The van der Waals surface area contributed by atoms with Gasteiger partial charge in [-0.3, -0.25) is 4.79 Å². The molecule has 0 bridgehead atoms. The van der Waals surface area contributed by atoms with Gasteiger partial charge in [-0.05, 0) is 12.3 Å². The van der Waals surface area contributed by atoms with E-state index in [2.05, 4.69) is 33.2 Å². The summed E-state index contributed by atoms with van der Waals surface area (Å²) >= 11 is 3.38. The molecule has 1 amide bonds. The molecule has 0 aliphatic heterocycles. The zero-order valence-corrected chi connectivity index (χ0v) is 10.6. The summed E-state index contributed by atoms with van der Waals surface area (Å²) in [5.41, 5.74) is 0.476. The predicted molar refractivity (Wildman–Crippen MR) is 63.1 cm³/mol. The molecule has 0 fully saturated rings. The first kappa shape index (κ1) is 12.2. The summed E-state index contributed by atoms with van der Waals surface area (Å²) in [7, 11) is 1.84. The Morgan fingerprint density at radius 3 is 3.00 bits per heavy atom. The van der Waals surface area contributed by atoms with Gasteiger partial charge in [0.05, 0.1) is 6.33 Å². The van der Waals surface area contributed by atoms with Gasteiger partial charge in [0.15, 0.2) is 0 Å². The largest absolute Gasteiger partial charge is 0.350 e. The molecule has 0 saturated carbocycles. The zero-order chi connectivity index (χ0) is 11.3. The molecule has 1 aromatic rings. The third kappa shape index (κ3) is 4.03. The molecule has 1 rings (SSSR count). The molecule has 5 heteroatoms. The van der Waals surface area contributed by atoms with Crippen LogP contribution in [0.25, 0.3) is 0 Å². The maximum Gasteiger partial charge on any atom is 0.271 e. The van der Waals surface area contributed by atoms with Gasteiger partial charge in [-0.1, -0.05) is 22.9 Å². The highest BCUT2D eigenvalue weighted by molar-refractivity contribution is 9.09. The lowest BCUT2D eigenvalue weighted by Gasteiger charge is -2.09. The number of nitrogens with zero attached hydrogens (tertiary/aromatic N) is 2. The first-order valence-electron chi connectivity index (χ1n) is 4.95. The second-order valence-electron chi connectivity index (χ2n) is 3.72. The summed E-state index contributed by atoms with van der Waals surface area (Å²) in [6.07, 6.45) is 4.39. The summed E-state index contributed by atoms with van der Waals surface area (Å²) in [5, 5.41) is 3.83. The number of aromatic nitrogens is 2. The minimum absolute atomic E-state index is 0.1000. The van der Waals surface area contributed by atoms with E-state index >= 15 is 0 Å². The van der Waals surface area contributed by atoms with Gasteiger partial charge in [0.2, 0.25) is 0 Å². The number of hydrogen-bond acceptors (Lipinski definition) is 2. The van der Waals surface area contributed by atoms with E-state index in [4.69, 9.17) is 0 Å². The molecule has 15 heavy (non-hydrogen) atoms. The van der Waals surface area contributed by atoms with Crippen LogP contribution >= 0.6 is 15.9 Å². The van der Waals surface area contributed by atoms with Gasteiger partial charge < -0.3 is 9.88 Å². The third-order valence-corrected chi connectivity index (χ3v) is 2.61. The van der Waals surface area contributed by atoms with E-state index < -0.39 is 0 Å². The number of carbonyl (C=O) groups excluding carboxylic acids is 1. The standard InChI is InChI=1S/C10H16BrN3O/c1-8(3-4-11)5-12-10(15)9-6-14(2)7-13-9/h6-8H,3-5H2,1-2H3,(H,12,15). The van der Waals surface area contributed by atoms with Crippen LogP contribution in [0.3, 0.4) is 0 Å². The van der Waals surface area contributed by atoms with Crippen molar-refractivity contribution in [2.45, 2.75) is 13.3 Å². The average molecular weight is 274 g/mol. The molecule has 4 nitrogen and oxygen atoms in total. The van der Waals surface area contributed by atoms with Crippen LogP contribution in [0.2, 0.25) is 0 Å². The Morgan fingerprint density at radius 1 is 1.73 bits per heavy atom. The van der Waals surface area contributed by atoms with Crippen LogP contribution in [0, 0.1) is 5.92 Å². The van der Waals surface area contributed by atoms with E-state index in [1.807, 2.05) is 7.05 Å². The van der Waals surface area contributed by atoms with Gasteiger partial charge in [0.1, 0.15) is 5.69 Å². The summed E-state index contributed by atoms with van der Waals surface area (Å²) in [6, 6.07) is 0. The molecule has 0 saturated heterocycles. The van der Waals surface area contributed by atoms with Crippen LogP contribution in [0.1, 0.15) is 23.8 Å². The number of imidazole rings is 1. The first-order chi connectivity index (χ1) is 7.13. The fraction of sp³-hybridized carbons (Fsp3) is 0.600. The topological polar surface area (TPSA) is 46.9 Å². The molecule has 0 radical (unpaired) electrons. The third-order valence-electron chi connectivity index (χ3n) is 2.15. The van der Waals surface area contributed by atoms with E-state index in [0.29, 0.717) is 18.2 Å². The van der Waals surface area contributed by atoms with E-state index in [-0.39, 0.29) is 5.91 Å². The van der Waals surface area contributed by atoms with Gasteiger partial charge in [0.25, 0.3) is 5.91 Å². The van der Waals surface area contributed by atoms with Crippen LogP contribution in [0.4, 0.5) is 0 Å². The summed E-state index contributed by atoms with van der Waals surface area (Å²) in [5.74, 6) is 0.383. The maximum absolute atomic E-state index is 11.6. The van der Waals surface area contributed by atoms with Gasteiger partial charge >= 0.3 is 0 Å². The molecule has 1 atom stereocenters. The molecule has 0 aliphatic rings. The fourth-order valence-electron chi connectivity index (χ4n) is 1.18. The fourth-order valence-corrected chi connectivity index (χ4v) is 1.96. The number of alkyl halides is 1. The Bertz CT molecular complexity index is 324. The lowest BCUT2D eigenvalue weighted by Crippen LogP contribution is -2.28. The van der Waals surface area contributed by atoms with Gasteiger partial charge in [-0.25, -0.2) is 4.98 Å². The van der Waals surface area contributed by atoms with Crippen molar-refractivity contribution < 1.29 is 4.79 Å². The molecule has 0 aromatic carbocycles. The number of rotatable bonds is 5. The van der Waals surface area contributed by atoms with Crippen molar-refractivity contribution in [2.24, 2.45) is 13.0 Å². The van der Waals surface area contributed by atoms with E-state index in [0.717, 1.165) is 11.8 Å². The molecule has 0 spiro atoms. The van der Waals surface area contributed by atoms with Gasteiger partial charge in [-0.2, -0.15) is 0 Å². The van der Waals surface area contributed by atoms with Crippen molar-refractivity contribution >= 4 is 21.8 Å². The van der Waals surface area contributed by atoms with E-state index in [1.54, 1.807) is 17.1 Å². The van der Waals surface area contributed by atoms with Gasteiger partial charge in [-0.15, -0.1) is 0 Å². The normalized spacial score (nSPS) is 12.5. The van der Waals surface area contributed by atoms with Crippen LogP contribution in [-0.4, -0.2) is 27.3 Å². The number of amides is 1. The quantitative estimate of drug-likeness (QED) is 0.828. The number of nitrogens with one attached hydrogen (secondary N) is 1. The lowest BCUT2D eigenvalue weighted by molar-refractivity contribution is 0.0943. The second-order valence-corrected chi connectivity index (χ2v) is 4.51. The monoisotopic (exact) mass is 273 g/mol. The number of carbonyl (C=O) groups is 1. The minimum Gasteiger partial charge on any atom is -0.350 e. The van der Waals surface area contributed by atoms with Crippen molar-refractivity contribution in [1.82, 2.24) is 14.9 Å². The first-order valence-corrected chi connectivity index (χ1v) is 6.07. The Kier molecular flexibility index (Phi) is 4.81. The van der Waals surface area contributed by atoms with Crippen molar-refractivity contribution in [1.29, 1.82) is 0 Å². The lowest BCUT2D eigenvalue weighted by atomic mass is 10.1. The molecular formula is C10H16BrN3O. The average Bonchev–Trinajstić information content (AvgIpc) is 2.62. The van der Waals surface area contributed by atoms with Crippen molar-refractivity contribution in [3.8, 4) is 0 Å². The molecule has 1 N–H and O–H groups in total. The zero-order valence-electron chi connectivity index (χ0n) is 9.03. The van der Waals surface area contributed by atoms with Crippen LogP contribution in [0.5, 0.6) is 0 Å². The minimum atomic E-state index is -0.1000. The molecule has 1 aromatic heterocycles. The summed E-state index contributed by atoms with van der Waals surface area (Å²) in [4.78, 5) is 15.5. The van der Waals surface area contributed by atoms with Crippen molar-refractivity contribution in [3.05, 3.63) is 18.2 Å². The summed E-state index contributed by atoms with van der Waals surface area (Å²) in [6.45, 7) is 2.81. The molecule has 1 heterocycles. The maximum atomic E-state index is 11.6. The Labute approximate surface area is 98.2 Å². The molecule has 84 valence electrons. The molecule has 1 unspecified atom stereocenters. The molecular weight excluding hydrogens is 258 g/mol. The van der Waals surface area contributed by atoms with E-state index in [9.17, 15) is 4.79 Å². The number of halogens is 1. The molecule has 0 aliphatic carbocycles. The van der Waals surface area contributed by atoms with Gasteiger partial charge in [0, 0.05) is 25.1 Å². The van der Waals surface area contributed by atoms with Crippen molar-refractivity contribution in [2.75, 3.05) is 11.9 Å². The second kappa shape index (κ2) is 5.90. The van der Waals surface area contributed by atoms with E-state index in [1.165, 1.54) is 0 Å². The highest BCUT2D eigenvalue weighted by Crippen LogP contribution is 2.03. The Balaban J connectivity index is 2.36. The highest BCUT2D eigenvalue weighted by atomic mass is 79.9. The van der Waals surface area contributed by atoms with Crippen LogP contribution < -0.4 is 5.32 Å². The highest BCUT2D eigenvalue weighted by Gasteiger charge is 2.09. The number of aryl methyl sites for hydroxylation is 1. The predicted octanol–water partition coefficient (Wildman–Crippen LogP) is 1.57. The van der Waals surface area contributed by atoms with Crippen LogP contribution in [0.15, 0.2) is 12.5 Å². The number of hydrogen-bond donors (Lipinski definition) is 1. The van der Waals surface area contributed by atoms with Crippen molar-refractivity contribution in [3.63, 3.8) is 0 Å². The van der Waals surface area contributed by atoms with Crippen LogP contribution in [-0.2, 0) is 7.05 Å². The SMILES string of the molecule is CC(CCBr)CNC(=O)c1cn(C)cn1.